The van der Waals surface area contributed by atoms with Crippen LogP contribution in [0.2, 0.25) is 10.0 Å². The van der Waals surface area contributed by atoms with E-state index in [4.69, 9.17) is 32.7 Å². The third-order valence-electron chi connectivity index (χ3n) is 5.91. The number of hydrogen-bond acceptors (Lipinski definition) is 4. The van der Waals surface area contributed by atoms with E-state index in [1.54, 1.807) is 36.4 Å². The summed E-state index contributed by atoms with van der Waals surface area (Å²) >= 11 is 12.4. The first-order chi connectivity index (χ1) is 14.0. The zero-order valence-corrected chi connectivity index (χ0v) is 17.2. The Morgan fingerprint density at radius 2 is 2.03 bits per heavy atom. The van der Waals surface area contributed by atoms with E-state index in [0.29, 0.717) is 44.9 Å². The molecule has 2 aliphatic heterocycles. The number of rotatable bonds is 4. The van der Waals surface area contributed by atoms with Crippen LogP contribution < -0.4 is 5.32 Å². The van der Waals surface area contributed by atoms with E-state index < -0.39 is 11.9 Å². The van der Waals surface area contributed by atoms with Crippen LogP contribution in [-0.2, 0) is 20.1 Å². The molecule has 2 heterocycles. The van der Waals surface area contributed by atoms with Gasteiger partial charge in [0.25, 0.3) is 11.7 Å². The first-order valence-electron chi connectivity index (χ1n) is 9.87. The van der Waals surface area contributed by atoms with Gasteiger partial charge in [-0.25, -0.2) is 0 Å². The SMILES string of the molecule is O=C1Nc2ccc(C(O)c3cccc(Cl)c3Cl)cc2C12OCCC(CC1CC1)O2. The highest BCUT2D eigenvalue weighted by Crippen LogP contribution is 2.47. The van der Waals surface area contributed by atoms with Gasteiger partial charge in [0.15, 0.2) is 0 Å². The number of anilines is 1. The average Bonchev–Trinajstić information content (AvgIpc) is 3.49. The van der Waals surface area contributed by atoms with Crippen LogP contribution in [0.15, 0.2) is 36.4 Å². The number of fused-ring (bicyclic) bond motifs is 2. The van der Waals surface area contributed by atoms with Gasteiger partial charge in [-0.15, -0.1) is 0 Å². The Hall–Kier alpha value is -1.63. The molecule has 1 aliphatic carbocycles. The van der Waals surface area contributed by atoms with Crippen molar-refractivity contribution in [2.45, 2.75) is 43.7 Å². The number of aliphatic hydroxyl groups excluding tert-OH is 1. The van der Waals surface area contributed by atoms with Crippen molar-refractivity contribution < 1.29 is 19.4 Å². The second-order valence-corrected chi connectivity index (χ2v) is 8.76. The van der Waals surface area contributed by atoms with Crippen LogP contribution in [0.3, 0.4) is 0 Å². The molecule has 2 fully saturated rings. The zero-order valence-electron chi connectivity index (χ0n) is 15.7. The summed E-state index contributed by atoms with van der Waals surface area (Å²) < 4.78 is 12.2. The number of benzene rings is 2. The molecule has 3 aliphatic rings. The third-order valence-corrected chi connectivity index (χ3v) is 6.74. The van der Waals surface area contributed by atoms with Crippen molar-refractivity contribution in [1.29, 1.82) is 0 Å². The lowest BCUT2D eigenvalue weighted by Gasteiger charge is -2.37. The second kappa shape index (κ2) is 7.25. The summed E-state index contributed by atoms with van der Waals surface area (Å²) in [6.07, 6.45) is 3.18. The molecule has 1 spiro atoms. The fourth-order valence-corrected chi connectivity index (χ4v) is 4.58. The highest BCUT2D eigenvalue weighted by molar-refractivity contribution is 6.42. The lowest BCUT2D eigenvalue weighted by atomic mass is 9.96. The summed E-state index contributed by atoms with van der Waals surface area (Å²) in [5, 5.41) is 14.5. The van der Waals surface area contributed by atoms with Crippen molar-refractivity contribution >= 4 is 34.8 Å². The molecule has 29 heavy (non-hydrogen) atoms. The molecule has 0 radical (unpaired) electrons. The number of nitrogens with one attached hydrogen (secondary N) is 1. The molecule has 1 amide bonds. The topological polar surface area (TPSA) is 67.8 Å². The molecule has 0 aromatic heterocycles. The molecule has 5 rings (SSSR count). The van der Waals surface area contributed by atoms with Crippen molar-refractivity contribution in [1.82, 2.24) is 0 Å². The molecule has 0 bridgehead atoms. The first kappa shape index (κ1) is 19.3. The summed E-state index contributed by atoms with van der Waals surface area (Å²) in [6.45, 7) is 0.456. The van der Waals surface area contributed by atoms with Gasteiger partial charge in [-0.2, -0.15) is 0 Å². The average molecular weight is 434 g/mol. The van der Waals surface area contributed by atoms with E-state index >= 15 is 0 Å². The van der Waals surface area contributed by atoms with Gasteiger partial charge >= 0.3 is 0 Å². The lowest BCUT2D eigenvalue weighted by molar-refractivity contribution is -0.281. The third kappa shape index (κ3) is 3.35. The Morgan fingerprint density at radius 3 is 2.83 bits per heavy atom. The highest BCUT2D eigenvalue weighted by atomic mass is 35.5. The Kier molecular flexibility index (Phi) is 4.84. The van der Waals surface area contributed by atoms with E-state index in [9.17, 15) is 9.90 Å². The van der Waals surface area contributed by atoms with E-state index in [-0.39, 0.29) is 12.0 Å². The predicted molar refractivity (Wildman–Crippen MR) is 110 cm³/mol. The maximum Gasteiger partial charge on any atom is 0.289 e. The van der Waals surface area contributed by atoms with Gasteiger partial charge < -0.3 is 19.9 Å². The first-order valence-corrected chi connectivity index (χ1v) is 10.6. The van der Waals surface area contributed by atoms with Gasteiger partial charge in [-0.3, -0.25) is 4.79 Å². The number of amides is 1. The van der Waals surface area contributed by atoms with E-state index in [2.05, 4.69) is 5.32 Å². The van der Waals surface area contributed by atoms with Gasteiger partial charge in [0.1, 0.15) is 6.10 Å². The smallest absolute Gasteiger partial charge is 0.289 e. The maximum atomic E-state index is 12.8. The molecule has 1 saturated carbocycles. The molecule has 5 nitrogen and oxygen atoms in total. The second-order valence-electron chi connectivity index (χ2n) is 7.98. The van der Waals surface area contributed by atoms with E-state index in [1.165, 1.54) is 12.8 Å². The Bertz CT molecular complexity index is 977. The van der Waals surface area contributed by atoms with Crippen LogP contribution in [0, 0.1) is 5.92 Å². The van der Waals surface area contributed by atoms with Gasteiger partial charge in [0, 0.05) is 11.1 Å². The molecule has 7 heteroatoms. The minimum Gasteiger partial charge on any atom is -0.384 e. The van der Waals surface area contributed by atoms with Crippen LogP contribution in [0.4, 0.5) is 5.69 Å². The van der Waals surface area contributed by atoms with Crippen LogP contribution in [0.5, 0.6) is 0 Å². The summed E-state index contributed by atoms with van der Waals surface area (Å²) in [4.78, 5) is 12.8. The van der Waals surface area contributed by atoms with Crippen molar-refractivity contribution in [3.63, 3.8) is 0 Å². The number of hydrogen-bond donors (Lipinski definition) is 2. The van der Waals surface area contributed by atoms with Gasteiger partial charge in [-0.1, -0.05) is 54.2 Å². The Morgan fingerprint density at radius 1 is 1.21 bits per heavy atom. The molecular weight excluding hydrogens is 413 g/mol. The fraction of sp³-hybridized carbons (Fsp3) is 0.409. The molecular formula is C22H21Cl2NO4. The van der Waals surface area contributed by atoms with Crippen LogP contribution in [-0.4, -0.2) is 23.7 Å². The molecule has 3 unspecified atom stereocenters. The number of halogens is 2. The summed E-state index contributed by atoms with van der Waals surface area (Å²) in [7, 11) is 0. The maximum absolute atomic E-state index is 12.8. The highest BCUT2D eigenvalue weighted by Gasteiger charge is 2.53. The fourth-order valence-electron chi connectivity index (χ4n) is 4.16. The minimum absolute atomic E-state index is 0.0103. The number of aliphatic hydroxyl groups is 1. The molecule has 152 valence electrons. The van der Waals surface area contributed by atoms with Crippen molar-refractivity contribution in [3.8, 4) is 0 Å². The molecule has 2 aromatic carbocycles. The van der Waals surface area contributed by atoms with Crippen LogP contribution >= 0.6 is 23.2 Å². The Labute approximate surface area is 178 Å². The zero-order chi connectivity index (χ0) is 20.2. The largest absolute Gasteiger partial charge is 0.384 e. The van der Waals surface area contributed by atoms with Crippen molar-refractivity contribution in [3.05, 3.63) is 63.1 Å². The molecule has 1 saturated heterocycles. The van der Waals surface area contributed by atoms with Gasteiger partial charge in [-0.05, 0) is 42.5 Å². The standard InChI is InChI=1S/C22H21Cl2NO4/c23-17-3-1-2-15(19(17)24)20(26)13-6-7-18-16(11-13)22(21(27)25-18)28-9-8-14(29-22)10-12-4-5-12/h1-3,6-7,11-12,14,20,26H,4-5,8-10H2,(H,25,27). The molecule has 2 aromatic rings. The minimum atomic E-state index is -1.46. The number of ether oxygens (including phenoxy) is 2. The van der Waals surface area contributed by atoms with Gasteiger partial charge in [0.2, 0.25) is 0 Å². The normalized spacial score (nSPS) is 27.0. The predicted octanol–water partition coefficient (Wildman–Crippen LogP) is 4.79. The molecule has 2 N–H and O–H groups in total. The van der Waals surface area contributed by atoms with Crippen LogP contribution in [0.1, 0.15) is 48.5 Å². The summed E-state index contributed by atoms with van der Waals surface area (Å²) in [5.74, 6) is -1.08. The summed E-state index contributed by atoms with van der Waals surface area (Å²) in [6, 6.07) is 10.4. The number of carbonyl (C=O) groups is 1. The Balaban J connectivity index is 1.50. The number of carbonyl (C=O) groups excluding carboxylic acids is 1. The quantitative estimate of drug-likeness (QED) is 0.727. The van der Waals surface area contributed by atoms with Gasteiger partial charge in [0.05, 0.1) is 28.4 Å². The lowest BCUT2D eigenvalue weighted by Crippen LogP contribution is -2.47. The van der Waals surface area contributed by atoms with Crippen LogP contribution in [0.25, 0.3) is 0 Å². The van der Waals surface area contributed by atoms with Crippen molar-refractivity contribution in [2.24, 2.45) is 5.92 Å². The van der Waals surface area contributed by atoms with Crippen molar-refractivity contribution in [2.75, 3.05) is 11.9 Å². The molecule has 3 atom stereocenters. The monoisotopic (exact) mass is 433 g/mol. The summed E-state index contributed by atoms with van der Waals surface area (Å²) in [5.41, 5.74) is 2.32. The van der Waals surface area contributed by atoms with E-state index in [1.807, 2.05) is 0 Å². The van der Waals surface area contributed by atoms with E-state index in [0.717, 1.165) is 12.8 Å².